The van der Waals surface area contributed by atoms with Crippen molar-refractivity contribution in [2.24, 2.45) is 4.99 Å². The molecule has 3 N–H and O–H groups in total. The molecule has 5 atom stereocenters. The van der Waals surface area contributed by atoms with Crippen molar-refractivity contribution in [1.29, 1.82) is 0 Å². The van der Waals surface area contributed by atoms with Crippen LogP contribution in [0.2, 0.25) is 0 Å². The van der Waals surface area contributed by atoms with E-state index < -0.39 is 17.9 Å². The maximum absolute atomic E-state index is 13.9. The Morgan fingerprint density at radius 1 is 0.855 bits per heavy atom. The lowest BCUT2D eigenvalue weighted by atomic mass is 10.1. The average Bonchev–Trinajstić information content (AvgIpc) is 4.03. The fourth-order valence-corrected chi connectivity index (χ4v) is 7.76. The second-order valence-electron chi connectivity index (χ2n) is 13.7. The summed E-state index contributed by atoms with van der Waals surface area (Å²) in [6.07, 6.45) is 9.66. The Morgan fingerprint density at radius 3 is 1.96 bits per heavy atom. The number of aliphatic imine (C=N–C) groups is 1. The zero-order valence-electron chi connectivity index (χ0n) is 30.8. The summed E-state index contributed by atoms with van der Waals surface area (Å²) >= 11 is 0. The van der Waals surface area contributed by atoms with Crippen LogP contribution in [0, 0.1) is 0 Å². The number of allylic oxidation sites excluding steroid dienone is 2. The van der Waals surface area contributed by atoms with Crippen LogP contribution in [0.1, 0.15) is 72.1 Å². The van der Waals surface area contributed by atoms with Crippen LogP contribution in [0.3, 0.4) is 0 Å². The van der Waals surface area contributed by atoms with Crippen molar-refractivity contribution in [2.75, 3.05) is 27.3 Å². The molecule has 4 heterocycles. The maximum atomic E-state index is 13.9. The third-order valence-electron chi connectivity index (χ3n) is 10.1. The van der Waals surface area contributed by atoms with Crippen molar-refractivity contribution in [3.05, 3.63) is 107 Å². The normalized spacial score (nSPS) is 18.5. The number of fused-ring (bicyclic) bond motifs is 2. The number of benzene rings is 3. The molecule has 7 rings (SSSR count). The van der Waals surface area contributed by atoms with Gasteiger partial charge in [0.15, 0.2) is 6.04 Å². The number of rotatable bonds is 13. The van der Waals surface area contributed by atoms with E-state index in [1.165, 1.54) is 14.2 Å². The number of carbonyl (C=O) groups is 3. The van der Waals surface area contributed by atoms with Gasteiger partial charge in [0.25, 0.3) is 5.91 Å². The Labute approximate surface area is 320 Å². The minimum atomic E-state index is -0.780. The lowest BCUT2D eigenvalue weighted by Gasteiger charge is -2.26. The largest absolute Gasteiger partial charge is 0.453 e. The van der Waals surface area contributed by atoms with Gasteiger partial charge in [-0.1, -0.05) is 54.6 Å². The summed E-state index contributed by atoms with van der Waals surface area (Å²) in [6, 6.07) is 20.7. The molecule has 0 aliphatic carbocycles. The first kappa shape index (κ1) is 37.7. The third kappa shape index (κ3) is 8.55. The topological polar surface area (TPSA) is 167 Å². The first-order valence-electron chi connectivity index (χ1n) is 18.4. The zero-order chi connectivity index (χ0) is 38.3. The molecule has 2 aliphatic heterocycles. The van der Waals surface area contributed by atoms with Crippen molar-refractivity contribution in [3.8, 4) is 0 Å². The zero-order valence-corrected chi connectivity index (χ0v) is 32.0. The Morgan fingerprint density at radius 2 is 1.42 bits per heavy atom. The van der Waals surface area contributed by atoms with E-state index in [-0.39, 0.29) is 23.9 Å². The Balaban J connectivity index is 0.980. The van der Waals surface area contributed by atoms with E-state index >= 15 is 0 Å². The standard InChI is InChI=1S/C40H45N8O6P/c1-52-40(51)46-37(55)39(50)48-21-9-15-33(48)36-43-29-19-17-26(23-31(29)45-36)11-7-6-10-25-16-18-28-30(22-25)44-35(42-28)32-14-8-20-47(32)38(49)34(41-24-54-53-2)27-12-4-3-5-13-27/h3-7,12-13,16-19,22-24,32-34,37H,8-11,14-15,20-21,55H2,1-2H3,(H,42,44)(H,43,45)(H,46,51)/b7-6+,41-24?/t32-,33-,34+,37+/m0/s1. The van der Waals surface area contributed by atoms with Crippen LogP contribution in [0.25, 0.3) is 22.1 Å². The number of imidazole rings is 2. The van der Waals surface area contributed by atoms with Gasteiger partial charge in [0, 0.05) is 13.1 Å². The summed E-state index contributed by atoms with van der Waals surface area (Å²) in [4.78, 5) is 72.8. The summed E-state index contributed by atoms with van der Waals surface area (Å²) in [5, 5.41) is 2.53. The predicted octanol–water partition coefficient (Wildman–Crippen LogP) is 6.01. The molecule has 5 aromatic rings. The van der Waals surface area contributed by atoms with Gasteiger partial charge in [0.2, 0.25) is 12.3 Å². The highest BCUT2D eigenvalue weighted by Gasteiger charge is 2.37. The molecule has 0 radical (unpaired) electrons. The quantitative estimate of drug-likeness (QED) is 0.0327. The molecule has 2 fully saturated rings. The number of methoxy groups -OCH3 is 1. The van der Waals surface area contributed by atoms with Gasteiger partial charge in [-0.15, -0.1) is 9.24 Å². The van der Waals surface area contributed by atoms with E-state index in [1.54, 1.807) is 4.90 Å². The van der Waals surface area contributed by atoms with Crippen molar-refractivity contribution < 1.29 is 28.9 Å². The van der Waals surface area contributed by atoms with Gasteiger partial charge in [-0.3, -0.25) is 9.59 Å². The molecular weight excluding hydrogens is 719 g/mol. The van der Waals surface area contributed by atoms with Crippen LogP contribution in [-0.4, -0.2) is 87.1 Å². The predicted molar refractivity (Wildman–Crippen MR) is 211 cm³/mol. The lowest BCUT2D eigenvalue weighted by Crippen LogP contribution is -2.45. The fourth-order valence-electron chi connectivity index (χ4n) is 7.43. The van der Waals surface area contributed by atoms with Gasteiger partial charge >= 0.3 is 6.09 Å². The van der Waals surface area contributed by atoms with E-state index in [4.69, 9.17) is 14.9 Å². The fraction of sp³-hybridized carbons (Fsp3) is 0.350. The minimum absolute atomic E-state index is 0.115. The number of hydrogen-bond acceptors (Lipinski definition) is 9. The molecule has 0 spiro atoms. The van der Waals surface area contributed by atoms with E-state index in [0.717, 1.165) is 95.3 Å². The van der Waals surface area contributed by atoms with Crippen LogP contribution in [0.15, 0.2) is 83.9 Å². The molecule has 2 aromatic heterocycles. The summed E-state index contributed by atoms with van der Waals surface area (Å²) < 4.78 is 4.64. The Kier molecular flexibility index (Phi) is 11.8. The average molecular weight is 765 g/mol. The second kappa shape index (κ2) is 17.3. The summed E-state index contributed by atoms with van der Waals surface area (Å²) in [5.41, 5.74) is 6.61. The van der Waals surface area contributed by atoms with Crippen LogP contribution in [0.4, 0.5) is 4.79 Å². The number of H-pyrrole nitrogens is 2. The van der Waals surface area contributed by atoms with Crippen molar-refractivity contribution in [1.82, 2.24) is 35.1 Å². The number of carbonyl (C=O) groups excluding carboxylic acids is 3. The number of aromatic amines is 2. The SMILES string of the molecule is COOC=N[C@@H](C(=O)N1CCC[C@H]1c1nc2ccc(C/C=C/Cc3ccc4nc([C@@H]5CCCN5C(=O)[C@@H](P)NC(=O)OC)[nH]c4c3)cc2[nH]1)c1ccccc1. The molecule has 1 unspecified atom stereocenters. The summed E-state index contributed by atoms with van der Waals surface area (Å²) in [7, 11) is 5.03. The number of hydrogen-bond donors (Lipinski definition) is 3. The van der Waals surface area contributed by atoms with Crippen LogP contribution in [-0.2, 0) is 36.9 Å². The van der Waals surface area contributed by atoms with E-state index in [9.17, 15) is 14.4 Å². The van der Waals surface area contributed by atoms with Gasteiger partial charge in [-0.05, 0) is 79.5 Å². The number of amides is 3. The number of nitrogens with zero attached hydrogens (tertiary/aromatic N) is 5. The Hall–Kier alpha value is -5.59. The second-order valence-corrected chi connectivity index (χ2v) is 14.3. The van der Waals surface area contributed by atoms with Gasteiger partial charge < -0.3 is 34.7 Å². The molecule has 3 amide bonds. The van der Waals surface area contributed by atoms with Crippen LogP contribution < -0.4 is 5.32 Å². The summed E-state index contributed by atoms with van der Waals surface area (Å²) in [6.45, 7) is 1.21. The first-order valence-corrected chi connectivity index (χ1v) is 19.1. The van der Waals surface area contributed by atoms with Gasteiger partial charge in [0.05, 0.1) is 48.4 Å². The molecule has 14 nitrogen and oxygen atoms in total. The van der Waals surface area contributed by atoms with Gasteiger partial charge in [-0.2, -0.15) is 4.89 Å². The number of ether oxygens (including phenoxy) is 1. The minimum Gasteiger partial charge on any atom is -0.453 e. The van der Waals surface area contributed by atoms with E-state index in [0.29, 0.717) is 13.1 Å². The van der Waals surface area contributed by atoms with Crippen LogP contribution in [0.5, 0.6) is 0 Å². The highest BCUT2D eigenvalue weighted by molar-refractivity contribution is 7.19. The molecule has 3 aromatic carbocycles. The van der Waals surface area contributed by atoms with Crippen molar-refractivity contribution in [2.45, 2.75) is 62.4 Å². The number of alkyl carbamates (subject to hydrolysis) is 1. The number of likely N-dealkylation sites (tertiary alicyclic amines) is 2. The highest BCUT2D eigenvalue weighted by Crippen LogP contribution is 2.35. The number of nitrogens with one attached hydrogen (secondary N) is 3. The van der Waals surface area contributed by atoms with Crippen molar-refractivity contribution in [3.63, 3.8) is 0 Å². The molecule has 286 valence electrons. The van der Waals surface area contributed by atoms with Gasteiger partial charge in [-0.25, -0.2) is 19.8 Å². The monoisotopic (exact) mass is 764 g/mol. The van der Waals surface area contributed by atoms with Crippen molar-refractivity contribution >= 4 is 55.6 Å². The molecular formula is C40H45N8O6P. The Bertz CT molecular complexity index is 2200. The first-order chi connectivity index (χ1) is 26.8. The maximum Gasteiger partial charge on any atom is 0.407 e. The van der Waals surface area contributed by atoms with E-state index in [1.807, 2.05) is 47.4 Å². The summed E-state index contributed by atoms with van der Waals surface area (Å²) in [5.74, 6) is 0.420. The molecule has 2 saturated heterocycles. The molecule has 0 bridgehead atoms. The van der Waals surface area contributed by atoms with Gasteiger partial charge in [0.1, 0.15) is 17.4 Å². The van der Waals surface area contributed by atoms with Crippen LogP contribution >= 0.6 is 9.24 Å². The molecule has 55 heavy (non-hydrogen) atoms. The molecule has 2 aliphatic rings. The third-order valence-corrected chi connectivity index (χ3v) is 10.6. The highest BCUT2D eigenvalue weighted by atomic mass is 31.0. The molecule has 0 saturated carbocycles. The number of aromatic nitrogens is 4. The lowest BCUT2D eigenvalue weighted by molar-refractivity contribution is -0.188. The van der Waals surface area contributed by atoms with E-state index in [2.05, 4.69) is 75.6 Å². The smallest absolute Gasteiger partial charge is 0.407 e. The molecule has 15 heteroatoms.